The molecular formula is C31H35N5O6S. The van der Waals surface area contributed by atoms with Crippen LogP contribution in [0.4, 0.5) is 11.4 Å². The topological polar surface area (TPSA) is 120 Å². The van der Waals surface area contributed by atoms with Crippen LogP contribution >= 0.6 is 11.3 Å². The number of aromatic nitrogens is 1. The predicted molar refractivity (Wildman–Crippen MR) is 165 cm³/mol. The molecule has 2 aliphatic rings. The second-order valence-corrected chi connectivity index (χ2v) is 11.8. The molecule has 1 aromatic heterocycles. The number of anilines is 1. The molecule has 0 aliphatic carbocycles. The maximum Gasteiger partial charge on any atom is 0.338 e. The molecule has 0 N–H and O–H groups in total. The third kappa shape index (κ3) is 6.25. The van der Waals surface area contributed by atoms with Crippen molar-refractivity contribution in [3.8, 4) is 5.75 Å². The highest BCUT2D eigenvalue weighted by atomic mass is 32.1. The van der Waals surface area contributed by atoms with Crippen molar-refractivity contribution in [3.63, 3.8) is 0 Å². The van der Waals surface area contributed by atoms with Crippen LogP contribution in [0.25, 0.3) is 6.08 Å². The third-order valence-corrected chi connectivity index (χ3v) is 8.41. The molecule has 2 aliphatic heterocycles. The molecular weight excluding hydrogens is 570 g/mol. The highest BCUT2D eigenvalue weighted by molar-refractivity contribution is 7.07. The zero-order valence-corrected chi connectivity index (χ0v) is 25.7. The molecule has 0 amide bonds. The molecule has 0 spiro atoms. The highest BCUT2D eigenvalue weighted by Gasteiger charge is 2.34. The average Bonchev–Trinajstić information content (AvgIpc) is 3.26. The number of allylic oxidation sites excluding steroid dienone is 1. The Balaban J connectivity index is 1.61. The number of thiazole rings is 1. The van der Waals surface area contributed by atoms with E-state index in [-0.39, 0.29) is 27.8 Å². The number of likely N-dealkylation sites (N-methyl/N-ethyl adjacent to an activating group) is 1. The van der Waals surface area contributed by atoms with Crippen molar-refractivity contribution >= 4 is 34.8 Å². The normalized spacial score (nSPS) is 17.6. The van der Waals surface area contributed by atoms with Gasteiger partial charge in [0.15, 0.2) is 4.80 Å². The lowest BCUT2D eigenvalue weighted by atomic mass is 9.96. The summed E-state index contributed by atoms with van der Waals surface area (Å²) in [5, 5.41) is 12.1. The van der Waals surface area contributed by atoms with Crippen molar-refractivity contribution < 1.29 is 19.2 Å². The summed E-state index contributed by atoms with van der Waals surface area (Å²) in [7, 11) is 2.03. The lowest BCUT2D eigenvalue weighted by molar-refractivity contribution is -0.384. The van der Waals surface area contributed by atoms with Gasteiger partial charge in [0.2, 0.25) is 0 Å². The SMILES string of the molecule is CCOc1ccc([C@H]2C(C(=O)OC(C)C)=C(C)N=c3s/c(=C\c4ccc(N5CCN(C)CC5)c([N+](=O)[O-])c4)c(=O)n32)cc1. The van der Waals surface area contributed by atoms with Gasteiger partial charge in [-0.2, -0.15) is 0 Å². The molecule has 1 atom stereocenters. The van der Waals surface area contributed by atoms with Crippen molar-refractivity contribution in [1.82, 2.24) is 9.47 Å². The van der Waals surface area contributed by atoms with Crippen molar-refractivity contribution in [2.45, 2.75) is 39.8 Å². The highest BCUT2D eigenvalue weighted by Crippen LogP contribution is 2.33. The van der Waals surface area contributed by atoms with Gasteiger partial charge in [-0.1, -0.05) is 29.5 Å². The van der Waals surface area contributed by atoms with E-state index in [1.165, 1.54) is 22.0 Å². The number of rotatable bonds is 8. The molecule has 1 fully saturated rings. The van der Waals surface area contributed by atoms with E-state index >= 15 is 0 Å². The van der Waals surface area contributed by atoms with E-state index in [2.05, 4.69) is 9.89 Å². The van der Waals surface area contributed by atoms with Gasteiger partial charge >= 0.3 is 5.97 Å². The maximum absolute atomic E-state index is 14.0. The van der Waals surface area contributed by atoms with Gasteiger partial charge in [0.25, 0.3) is 11.2 Å². The number of hydrogen-bond donors (Lipinski definition) is 0. The summed E-state index contributed by atoms with van der Waals surface area (Å²) in [6.45, 7) is 10.7. The summed E-state index contributed by atoms with van der Waals surface area (Å²) < 4.78 is 13.0. The van der Waals surface area contributed by atoms with Crippen molar-refractivity contribution in [1.29, 1.82) is 0 Å². The Kier molecular flexibility index (Phi) is 8.79. The van der Waals surface area contributed by atoms with Gasteiger partial charge in [-0.3, -0.25) is 19.5 Å². The standard InChI is InChI=1S/C31H35N5O6S/c1-6-41-23-10-8-22(9-11-23)28-27(30(38)42-19(2)3)20(4)32-31-35(28)29(37)26(43-31)18-21-7-12-24(25(17-21)36(39)40)34-15-13-33(5)14-16-34/h7-12,17-19,28H,6,13-16H2,1-5H3/b26-18-/t28-/m0/s1. The van der Waals surface area contributed by atoms with Crippen LogP contribution in [0.3, 0.4) is 0 Å². The van der Waals surface area contributed by atoms with Gasteiger partial charge in [0, 0.05) is 32.2 Å². The fourth-order valence-corrected chi connectivity index (χ4v) is 6.38. The summed E-state index contributed by atoms with van der Waals surface area (Å²) >= 11 is 1.18. The number of fused-ring (bicyclic) bond motifs is 1. The van der Waals surface area contributed by atoms with Crippen LogP contribution in [-0.2, 0) is 9.53 Å². The Bertz CT molecular complexity index is 1750. The van der Waals surface area contributed by atoms with Gasteiger partial charge in [-0.15, -0.1) is 0 Å². The number of carbonyl (C=O) groups is 1. The predicted octanol–water partition coefficient (Wildman–Crippen LogP) is 3.25. The Morgan fingerprint density at radius 1 is 1.16 bits per heavy atom. The molecule has 3 heterocycles. The maximum atomic E-state index is 14.0. The van der Waals surface area contributed by atoms with Gasteiger partial charge in [0.1, 0.15) is 11.4 Å². The molecule has 0 radical (unpaired) electrons. The zero-order chi connectivity index (χ0) is 30.8. The molecule has 5 rings (SSSR count). The van der Waals surface area contributed by atoms with Crippen LogP contribution in [0.2, 0.25) is 0 Å². The minimum absolute atomic E-state index is 0.00657. The molecule has 0 saturated carbocycles. The number of piperazine rings is 1. The fourth-order valence-electron chi connectivity index (χ4n) is 5.33. The van der Waals surface area contributed by atoms with Crippen LogP contribution in [-0.4, -0.2) is 66.3 Å². The molecule has 0 unspecified atom stereocenters. The number of nitrogens with zero attached hydrogens (tertiary/aromatic N) is 5. The molecule has 2 aromatic carbocycles. The van der Waals surface area contributed by atoms with E-state index in [4.69, 9.17) is 9.47 Å². The first-order chi connectivity index (χ1) is 20.6. The summed E-state index contributed by atoms with van der Waals surface area (Å²) in [6.07, 6.45) is 1.29. The number of nitro benzene ring substituents is 1. The van der Waals surface area contributed by atoms with Crippen LogP contribution in [0.1, 0.15) is 44.9 Å². The van der Waals surface area contributed by atoms with Crippen LogP contribution < -0.4 is 24.5 Å². The zero-order valence-electron chi connectivity index (χ0n) is 24.9. The Labute approximate surface area is 253 Å². The Morgan fingerprint density at radius 3 is 2.49 bits per heavy atom. The molecule has 0 bridgehead atoms. The van der Waals surface area contributed by atoms with E-state index < -0.39 is 12.0 Å². The summed E-state index contributed by atoms with van der Waals surface area (Å²) in [5.74, 6) is 0.131. The minimum atomic E-state index is -0.769. The van der Waals surface area contributed by atoms with Crippen molar-refractivity contribution in [2.24, 2.45) is 4.99 Å². The summed E-state index contributed by atoms with van der Waals surface area (Å²) in [5.41, 5.74) is 2.18. The molecule has 1 saturated heterocycles. The largest absolute Gasteiger partial charge is 0.494 e. The van der Waals surface area contributed by atoms with E-state index in [1.807, 2.05) is 31.0 Å². The van der Waals surface area contributed by atoms with Crippen LogP contribution in [0.5, 0.6) is 5.75 Å². The monoisotopic (exact) mass is 605 g/mol. The Morgan fingerprint density at radius 2 is 1.86 bits per heavy atom. The van der Waals surface area contributed by atoms with Gasteiger partial charge < -0.3 is 19.3 Å². The third-order valence-electron chi connectivity index (χ3n) is 7.43. The first kappa shape index (κ1) is 30.2. The van der Waals surface area contributed by atoms with Gasteiger partial charge in [-0.25, -0.2) is 9.79 Å². The lowest BCUT2D eigenvalue weighted by Crippen LogP contribution is -2.44. The fraction of sp³-hybridized carbons (Fsp3) is 0.387. The minimum Gasteiger partial charge on any atom is -0.494 e. The van der Waals surface area contributed by atoms with Crippen LogP contribution in [0.15, 0.2) is 63.5 Å². The number of ether oxygens (including phenoxy) is 2. The van der Waals surface area contributed by atoms with E-state index in [1.54, 1.807) is 51.1 Å². The quantitative estimate of drug-likeness (QED) is 0.218. The van der Waals surface area contributed by atoms with E-state index in [0.717, 1.165) is 13.1 Å². The number of hydrogen-bond acceptors (Lipinski definition) is 10. The second kappa shape index (κ2) is 12.5. The molecule has 226 valence electrons. The summed E-state index contributed by atoms with van der Waals surface area (Å²) in [4.78, 5) is 48.2. The van der Waals surface area contributed by atoms with Crippen molar-refractivity contribution in [3.05, 3.63) is 94.7 Å². The number of esters is 1. The van der Waals surface area contributed by atoms with Gasteiger partial charge in [-0.05, 0) is 70.1 Å². The van der Waals surface area contributed by atoms with E-state index in [9.17, 15) is 19.7 Å². The molecule has 3 aromatic rings. The second-order valence-electron chi connectivity index (χ2n) is 10.8. The first-order valence-electron chi connectivity index (χ1n) is 14.3. The summed E-state index contributed by atoms with van der Waals surface area (Å²) in [6, 6.07) is 11.5. The number of carbonyl (C=O) groups excluding carboxylic acids is 1. The molecule has 12 heteroatoms. The van der Waals surface area contributed by atoms with Gasteiger partial charge in [0.05, 0.1) is 39.5 Å². The number of nitro groups is 1. The molecule has 43 heavy (non-hydrogen) atoms. The van der Waals surface area contributed by atoms with Crippen molar-refractivity contribution in [2.75, 3.05) is 44.7 Å². The lowest BCUT2D eigenvalue weighted by Gasteiger charge is -2.33. The number of benzene rings is 2. The Hall–Kier alpha value is -4.29. The van der Waals surface area contributed by atoms with E-state index in [0.29, 0.717) is 57.3 Å². The average molecular weight is 606 g/mol. The molecule has 11 nitrogen and oxygen atoms in total. The van der Waals surface area contributed by atoms with Crippen LogP contribution in [0, 0.1) is 10.1 Å². The smallest absolute Gasteiger partial charge is 0.338 e. The first-order valence-corrected chi connectivity index (χ1v) is 15.1.